The lowest BCUT2D eigenvalue weighted by Crippen LogP contribution is -2.31. The summed E-state index contributed by atoms with van der Waals surface area (Å²) in [5.74, 6) is 0.528. The molecule has 0 bridgehead atoms. The zero-order valence-electron chi connectivity index (χ0n) is 19.3. The van der Waals surface area contributed by atoms with Crippen LogP contribution in [-0.4, -0.2) is 18.5 Å². The van der Waals surface area contributed by atoms with Crippen LogP contribution >= 0.6 is 0 Å². The van der Waals surface area contributed by atoms with Crippen molar-refractivity contribution in [3.8, 4) is 11.4 Å². The molecular weight excluding hydrogens is 444 g/mol. The van der Waals surface area contributed by atoms with Crippen molar-refractivity contribution in [1.29, 1.82) is 0 Å². The molecule has 6 nitrogen and oxygen atoms in total. The maximum atomic E-state index is 3.67. The first-order chi connectivity index (χ1) is 17.9. The smallest absolute Gasteiger partial charge is 0.0768 e. The van der Waals surface area contributed by atoms with Gasteiger partial charge in [0, 0.05) is 69.9 Å². The molecule has 0 radical (unpaired) electrons. The van der Waals surface area contributed by atoms with Gasteiger partial charge in [0.1, 0.15) is 0 Å². The zero-order valence-corrected chi connectivity index (χ0v) is 19.3. The number of fused-ring (bicyclic) bond motifs is 21. The van der Waals surface area contributed by atoms with Gasteiger partial charge in [-0.05, 0) is 54.9 Å². The molecule has 36 heavy (non-hydrogen) atoms. The van der Waals surface area contributed by atoms with Crippen LogP contribution in [0.15, 0.2) is 91.8 Å². The van der Waals surface area contributed by atoms with Crippen molar-refractivity contribution in [3.63, 3.8) is 0 Å². The number of hydrogen-bond acceptors (Lipinski definition) is 2. The molecule has 4 atom stereocenters. The van der Waals surface area contributed by atoms with Gasteiger partial charge in [-0.1, -0.05) is 12.2 Å². The van der Waals surface area contributed by atoms with E-state index in [9.17, 15) is 0 Å². The van der Waals surface area contributed by atoms with Crippen LogP contribution in [0.1, 0.15) is 46.4 Å². The molecular formula is C30H22N6. The highest BCUT2D eigenvalue weighted by Gasteiger charge is 2.44. The third-order valence-corrected chi connectivity index (χ3v) is 8.98. The minimum absolute atomic E-state index is 0.236. The maximum absolute atomic E-state index is 3.67. The van der Waals surface area contributed by atoms with E-state index in [1.165, 1.54) is 61.2 Å². The summed E-state index contributed by atoms with van der Waals surface area (Å²) in [7, 11) is 0. The molecule has 9 heterocycles. The van der Waals surface area contributed by atoms with Crippen molar-refractivity contribution in [2.75, 3.05) is 0 Å². The summed E-state index contributed by atoms with van der Waals surface area (Å²) in [5, 5.41) is 9.95. The van der Waals surface area contributed by atoms with Gasteiger partial charge in [-0.15, -0.1) is 0 Å². The standard InChI is InChI=1S/C30H22N6/c1-4-19-25-16(7-10-31-25)22-28(34(19)13-1)23-17-8-11-32-26(17)20-5-2-15-36(20)30(23)24-18-9-12-33-27(18)21-6-3-14-35(21)29(22)24/h1-17,25-26,31-33H. The second-order valence-corrected chi connectivity index (χ2v) is 10.4. The highest BCUT2D eigenvalue weighted by atomic mass is 15.1. The summed E-state index contributed by atoms with van der Waals surface area (Å²) in [4.78, 5) is 3.56. The first kappa shape index (κ1) is 17.8. The molecule has 0 saturated carbocycles. The Labute approximate surface area is 206 Å². The van der Waals surface area contributed by atoms with Crippen molar-refractivity contribution >= 4 is 27.3 Å². The van der Waals surface area contributed by atoms with E-state index in [4.69, 9.17) is 0 Å². The van der Waals surface area contributed by atoms with E-state index in [1.54, 1.807) is 0 Å². The Morgan fingerprint density at radius 1 is 0.694 bits per heavy atom. The predicted octanol–water partition coefficient (Wildman–Crippen LogP) is 5.67. The fourth-order valence-electron chi connectivity index (χ4n) is 7.69. The Morgan fingerprint density at radius 3 is 2.17 bits per heavy atom. The summed E-state index contributed by atoms with van der Waals surface area (Å²) in [6, 6.07) is 16.1. The second kappa shape index (κ2) is 5.79. The first-order valence-electron chi connectivity index (χ1n) is 12.7. The lowest BCUT2D eigenvalue weighted by Gasteiger charge is -2.39. The molecule has 4 unspecified atom stereocenters. The summed E-state index contributed by atoms with van der Waals surface area (Å²) in [5.41, 5.74) is 11.9. The molecule has 0 amide bonds. The van der Waals surface area contributed by atoms with Gasteiger partial charge in [0.25, 0.3) is 0 Å². The van der Waals surface area contributed by atoms with Crippen LogP contribution in [0.5, 0.6) is 0 Å². The van der Waals surface area contributed by atoms with E-state index in [0.717, 1.165) is 0 Å². The Bertz CT molecular complexity index is 1990. The van der Waals surface area contributed by atoms with E-state index < -0.39 is 0 Å². The number of nitrogens with zero attached hydrogens (tertiary/aromatic N) is 3. The minimum atomic E-state index is 0.236. The molecule has 0 aliphatic carbocycles. The zero-order chi connectivity index (χ0) is 23.1. The van der Waals surface area contributed by atoms with Crippen LogP contribution in [0.2, 0.25) is 0 Å². The first-order valence-corrected chi connectivity index (χ1v) is 12.7. The van der Waals surface area contributed by atoms with E-state index in [1.807, 2.05) is 0 Å². The van der Waals surface area contributed by atoms with Crippen molar-refractivity contribution in [2.24, 2.45) is 0 Å². The normalized spacial score (nSPS) is 24.3. The van der Waals surface area contributed by atoms with Crippen molar-refractivity contribution < 1.29 is 0 Å². The van der Waals surface area contributed by atoms with Crippen LogP contribution in [-0.2, 0) is 0 Å². The van der Waals surface area contributed by atoms with Gasteiger partial charge in [0.15, 0.2) is 0 Å². The molecule has 0 spiro atoms. The molecule has 172 valence electrons. The SMILES string of the molecule is C1=CC2c3c(c4c(c5c6cc[nH]c6c6cccn6c35)-n3cccc3C3NC=CC43)-n3cccc3C2N1. The summed E-state index contributed by atoms with van der Waals surface area (Å²) >= 11 is 0. The van der Waals surface area contributed by atoms with Gasteiger partial charge < -0.3 is 29.2 Å². The Hall–Kier alpha value is -4.58. The molecule has 0 saturated heterocycles. The van der Waals surface area contributed by atoms with Crippen LogP contribution in [0.25, 0.3) is 38.7 Å². The molecule has 0 fully saturated rings. The number of rotatable bonds is 0. The number of pyridine rings is 1. The second-order valence-electron chi connectivity index (χ2n) is 10.4. The highest BCUT2D eigenvalue weighted by Crippen LogP contribution is 2.56. The number of hydrogen-bond donors (Lipinski definition) is 3. The number of nitrogens with one attached hydrogen (secondary N) is 3. The average molecular weight is 467 g/mol. The van der Waals surface area contributed by atoms with Crippen LogP contribution in [0.3, 0.4) is 0 Å². The van der Waals surface area contributed by atoms with Gasteiger partial charge in [0.2, 0.25) is 0 Å². The van der Waals surface area contributed by atoms with Crippen LogP contribution in [0.4, 0.5) is 0 Å². The van der Waals surface area contributed by atoms with E-state index in [-0.39, 0.29) is 23.9 Å². The monoisotopic (exact) mass is 466 g/mol. The predicted molar refractivity (Wildman–Crippen MR) is 141 cm³/mol. The summed E-state index contributed by atoms with van der Waals surface area (Å²) in [6.45, 7) is 0. The average Bonchev–Trinajstić information content (AvgIpc) is 3.73. The molecule has 5 aromatic heterocycles. The van der Waals surface area contributed by atoms with Crippen LogP contribution in [0, 0.1) is 0 Å². The van der Waals surface area contributed by atoms with Crippen molar-refractivity contribution in [2.45, 2.75) is 23.9 Å². The summed E-state index contributed by atoms with van der Waals surface area (Å²) in [6.07, 6.45) is 17.9. The summed E-state index contributed by atoms with van der Waals surface area (Å²) < 4.78 is 7.32. The molecule has 6 heteroatoms. The Morgan fingerprint density at radius 2 is 1.39 bits per heavy atom. The topological polar surface area (TPSA) is 54.1 Å². The van der Waals surface area contributed by atoms with E-state index >= 15 is 0 Å². The maximum Gasteiger partial charge on any atom is 0.0768 e. The third-order valence-electron chi connectivity index (χ3n) is 8.98. The lowest BCUT2D eigenvalue weighted by atomic mass is 9.77. The number of aromatic amines is 1. The molecule has 10 rings (SSSR count). The van der Waals surface area contributed by atoms with Gasteiger partial charge in [0.05, 0.1) is 40.0 Å². The molecule has 4 aliphatic heterocycles. The van der Waals surface area contributed by atoms with E-state index in [0.29, 0.717) is 0 Å². The Balaban J connectivity index is 1.55. The van der Waals surface area contributed by atoms with Gasteiger partial charge in [-0.2, -0.15) is 0 Å². The largest absolute Gasteiger partial charge is 0.382 e. The molecule has 4 aliphatic rings. The molecule has 6 aromatic rings. The highest BCUT2D eigenvalue weighted by molar-refractivity contribution is 6.17. The van der Waals surface area contributed by atoms with Gasteiger partial charge in [-0.25, -0.2) is 0 Å². The quantitative estimate of drug-likeness (QED) is 0.270. The number of benzene rings is 1. The van der Waals surface area contributed by atoms with E-state index in [2.05, 4.69) is 121 Å². The number of aromatic nitrogens is 4. The van der Waals surface area contributed by atoms with Gasteiger partial charge >= 0.3 is 0 Å². The minimum Gasteiger partial charge on any atom is -0.382 e. The van der Waals surface area contributed by atoms with Gasteiger partial charge in [-0.3, -0.25) is 0 Å². The molecule has 1 aromatic carbocycles. The number of H-pyrrole nitrogens is 1. The lowest BCUT2D eigenvalue weighted by molar-refractivity contribution is 0.532. The third kappa shape index (κ3) is 1.78. The molecule has 3 N–H and O–H groups in total. The Kier molecular flexibility index (Phi) is 2.86. The fraction of sp³-hybridized carbons (Fsp3) is 0.133. The van der Waals surface area contributed by atoms with Crippen molar-refractivity contribution in [1.82, 2.24) is 29.2 Å². The fourth-order valence-corrected chi connectivity index (χ4v) is 7.69. The van der Waals surface area contributed by atoms with Crippen molar-refractivity contribution in [3.05, 3.63) is 114 Å². The van der Waals surface area contributed by atoms with Crippen LogP contribution < -0.4 is 10.6 Å².